The number of carbonyl (C=O) groups excluding carboxylic acids is 1. The third-order valence-electron chi connectivity index (χ3n) is 3.06. The molecule has 0 saturated heterocycles. The summed E-state index contributed by atoms with van der Waals surface area (Å²) in [6, 6.07) is 1.73. The molecule has 1 aromatic rings. The summed E-state index contributed by atoms with van der Waals surface area (Å²) in [6.07, 6.45) is 1.07. The normalized spacial score (nSPS) is 12.5. The van der Waals surface area contributed by atoms with Gasteiger partial charge >= 0.3 is 0 Å². The smallest absolute Gasteiger partial charge is 0.254 e. The van der Waals surface area contributed by atoms with Gasteiger partial charge in [-0.1, -0.05) is 19.0 Å². The molecule has 0 bridgehead atoms. The van der Waals surface area contributed by atoms with Gasteiger partial charge in [-0.15, -0.1) is 11.3 Å². The van der Waals surface area contributed by atoms with Crippen molar-refractivity contribution < 1.29 is 10.0 Å². The lowest BCUT2D eigenvalue weighted by molar-refractivity contribution is 0.0917. The molecule has 0 spiro atoms. The number of oxime groups is 1. The van der Waals surface area contributed by atoms with Gasteiger partial charge in [-0.3, -0.25) is 4.79 Å². The first-order valence-corrected chi connectivity index (χ1v) is 8.05. The Kier molecular flexibility index (Phi) is 5.82. The van der Waals surface area contributed by atoms with Crippen LogP contribution in [0.25, 0.3) is 0 Å². The monoisotopic (exact) mass is 411 g/mol. The van der Waals surface area contributed by atoms with Crippen molar-refractivity contribution in [3.05, 3.63) is 19.2 Å². The molecule has 19 heavy (non-hydrogen) atoms. The molecule has 0 aliphatic heterocycles. The average Bonchev–Trinajstić information content (AvgIpc) is 2.74. The maximum absolute atomic E-state index is 12.3. The van der Waals surface area contributed by atoms with Gasteiger partial charge in [-0.05, 0) is 50.8 Å². The van der Waals surface area contributed by atoms with Crippen LogP contribution in [0.15, 0.2) is 18.8 Å². The molecule has 1 heterocycles. The van der Waals surface area contributed by atoms with Gasteiger partial charge in [0, 0.05) is 0 Å². The Morgan fingerprint density at radius 2 is 2.11 bits per heavy atom. The van der Waals surface area contributed by atoms with E-state index in [1.54, 1.807) is 6.07 Å². The van der Waals surface area contributed by atoms with Crippen molar-refractivity contribution in [3.8, 4) is 0 Å². The summed E-state index contributed by atoms with van der Waals surface area (Å²) in [5, 5.41) is 14.8. The summed E-state index contributed by atoms with van der Waals surface area (Å²) in [5.41, 5.74) is 5.40. The lowest BCUT2D eigenvalue weighted by atomic mass is 9.91. The number of hydrogen-bond donors (Lipinski definition) is 3. The van der Waals surface area contributed by atoms with Gasteiger partial charge in [0.25, 0.3) is 5.91 Å². The summed E-state index contributed by atoms with van der Waals surface area (Å²) in [4.78, 5) is 12.3. The van der Waals surface area contributed by atoms with Crippen LogP contribution < -0.4 is 11.1 Å². The highest BCUT2D eigenvalue weighted by molar-refractivity contribution is 9.12. The topological polar surface area (TPSA) is 87.7 Å². The SMILES string of the molecule is CCC(CC)(NC(=O)c1cc(Br)sc1Br)/C(N)=N/O. The molecule has 5 nitrogen and oxygen atoms in total. The largest absolute Gasteiger partial charge is 0.409 e. The molecular weight excluding hydrogens is 398 g/mol. The Morgan fingerprint density at radius 1 is 1.53 bits per heavy atom. The first kappa shape index (κ1) is 16.5. The third-order valence-corrected chi connectivity index (χ3v) is 5.40. The summed E-state index contributed by atoms with van der Waals surface area (Å²) >= 11 is 8.08. The Hall–Kier alpha value is -0.600. The van der Waals surface area contributed by atoms with Gasteiger partial charge in [0.2, 0.25) is 0 Å². The molecule has 106 valence electrons. The summed E-state index contributed by atoms with van der Waals surface area (Å²) < 4.78 is 1.59. The Labute approximate surface area is 132 Å². The zero-order valence-corrected chi connectivity index (χ0v) is 14.5. The molecule has 0 aliphatic carbocycles. The van der Waals surface area contributed by atoms with Gasteiger partial charge < -0.3 is 16.3 Å². The van der Waals surface area contributed by atoms with Crippen LogP contribution in [0.1, 0.15) is 37.0 Å². The predicted octanol–water partition coefficient (Wildman–Crippen LogP) is 3.31. The second kappa shape index (κ2) is 6.71. The van der Waals surface area contributed by atoms with E-state index in [4.69, 9.17) is 10.9 Å². The Balaban J connectivity index is 3.04. The molecule has 4 N–H and O–H groups in total. The van der Waals surface area contributed by atoms with E-state index < -0.39 is 5.54 Å². The van der Waals surface area contributed by atoms with E-state index in [9.17, 15) is 4.79 Å². The van der Waals surface area contributed by atoms with Crippen molar-refractivity contribution in [3.63, 3.8) is 0 Å². The number of nitrogens with one attached hydrogen (secondary N) is 1. The quantitative estimate of drug-likeness (QED) is 0.300. The van der Waals surface area contributed by atoms with Crippen LogP contribution in [0.2, 0.25) is 0 Å². The zero-order valence-electron chi connectivity index (χ0n) is 10.5. The maximum atomic E-state index is 12.3. The van der Waals surface area contributed by atoms with Crippen molar-refractivity contribution in [1.29, 1.82) is 0 Å². The minimum absolute atomic E-state index is 0.0104. The van der Waals surface area contributed by atoms with Gasteiger partial charge in [0.05, 0.1) is 13.1 Å². The molecule has 8 heteroatoms. The standard InChI is InChI=1S/C11H15Br2N3O2S/c1-3-11(4-2,10(14)16-18)15-9(17)6-5-7(12)19-8(6)13/h5,18H,3-4H2,1-2H3,(H2,14,16)(H,15,17). The van der Waals surface area contributed by atoms with Crippen LogP contribution in [-0.4, -0.2) is 22.5 Å². The van der Waals surface area contributed by atoms with Gasteiger partial charge in [0.15, 0.2) is 5.84 Å². The van der Waals surface area contributed by atoms with E-state index in [1.165, 1.54) is 11.3 Å². The van der Waals surface area contributed by atoms with Gasteiger partial charge in [0.1, 0.15) is 5.54 Å². The fourth-order valence-corrected chi connectivity index (χ4v) is 4.52. The molecule has 0 aromatic carbocycles. The van der Waals surface area contributed by atoms with E-state index in [1.807, 2.05) is 13.8 Å². The van der Waals surface area contributed by atoms with Crippen LogP contribution in [-0.2, 0) is 0 Å². The Morgan fingerprint density at radius 3 is 2.47 bits per heavy atom. The van der Waals surface area contributed by atoms with E-state index >= 15 is 0 Å². The highest BCUT2D eigenvalue weighted by Crippen LogP contribution is 2.32. The molecular formula is C11H15Br2N3O2S. The minimum Gasteiger partial charge on any atom is -0.409 e. The summed E-state index contributed by atoms with van der Waals surface area (Å²) in [7, 11) is 0. The van der Waals surface area contributed by atoms with Gasteiger partial charge in [-0.2, -0.15) is 0 Å². The second-order valence-corrected chi connectivity index (χ2v) is 7.72. The number of amidine groups is 1. The van der Waals surface area contributed by atoms with Crippen molar-refractivity contribution in [2.75, 3.05) is 0 Å². The van der Waals surface area contributed by atoms with Crippen LogP contribution in [0, 0.1) is 0 Å². The number of amides is 1. The molecule has 0 atom stereocenters. The van der Waals surface area contributed by atoms with Gasteiger partial charge in [-0.25, -0.2) is 0 Å². The van der Waals surface area contributed by atoms with E-state index in [0.717, 1.165) is 7.57 Å². The van der Waals surface area contributed by atoms with Crippen LogP contribution in [0.3, 0.4) is 0 Å². The molecule has 0 saturated carbocycles. The molecule has 0 aliphatic rings. The summed E-state index contributed by atoms with van der Waals surface area (Å²) in [5.74, 6) is -0.250. The zero-order chi connectivity index (χ0) is 14.6. The number of thiophene rings is 1. The van der Waals surface area contributed by atoms with Crippen molar-refractivity contribution in [2.45, 2.75) is 32.2 Å². The molecule has 0 unspecified atom stereocenters. The van der Waals surface area contributed by atoms with Crippen LogP contribution in [0.4, 0.5) is 0 Å². The van der Waals surface area contributed by atoms with Crippen molar-refractivity contribution in [2.24, 2.45) is 10.9 Å². The number of hydrogen-bond acceptors (Lipinski definition) is 4. The lowest BCUT2D eigenvalue weighted by Crippen LogP contribution is -2.56. The number of nitrogens with two attached hydrogens (primary N) is 1. The third kappa shape index (κ3) is 3.49. The fraction of sp³-hybridized carbons (Fsp3) is 0.455. The first-order valence-electron chi connectivity index (χ1n) is 5.65. The van der Waals surface area contributed by atoms with Crippen LogP contribution in [0.5, 0.6) is 0 Å². The minimum atomic E-state index is -0.834. The van der Waals surface area contributed by atoms with Crippen molar-refractivity contribution >= 4 is 54.9 Å². The highest BCUT2D eigenvalue weighted by Gasteiger charge is 2.34. The molecule has 1 rings (SSSR count). The average molecular weight is 413 g/mol. The van der Waals surface area contributed by atoms with E-state index in [-0.39, 0.29) is 11.7 Å². The second-order valence-electron chi connectivity index (χ2n) is 3.97. The fourth-order valence-electron chi connectivity index (χ4n) is 1.73. The summed E-state index contributed by atoms with van der Waals surface area (Å²) in [6.45, 7) is 3.75. The molecule has 0 radical (unpaired) electrons. The molecule has 0 fully saturated rings. The highest BCUT2D eigenvalue weighted by atomic mass is 79.9. The maximum Gasteiger partial charge on any atom is 0.254 e. The molecule has 1 aromatic heterocycles. The van der Waals surface area contributed by atoms with Crippen LogP contribution >= 0.6 is 43.2 Å². The number of rotatable bonds is 5. The van der Waals surface area contributed by atoms with Crippen molar-refractivity contribution in [1.82, 2.24) is 5.32 Å². The predicted molar refractivity (Wildman–Crippen MR) is 83.9 cm³/mol. The van der Waals surface area contributed by atoms with E-state index in [0.29, 0.717) is 18.4 Å². The first-order chi connectivity index (χ1) is 8.90. The number of carbonyl (C=O) groups is 1. The lowest BCUT2D eigenvalue weighted by Gasteiger charge is -2.31. The number of halogens is 2. The molecule has 1 amide bonds. The Bertz CT molecular complexity index is 498. The van der Waals surface area contributed by atoms with E-state index in [2.05, 4.69) is 42.3 Å². The number of nitrogens with zero attached hydrogens (tertiary/aromatic N) is 1.